The van der Waals surface area contributed by atoms with Crippen LogP contribution in [0.15, 0.2) is 53.3 Å². The highest BCUT2D eigenvalue weighted by atomic mass is 16.3. The van der Waals surface area contributed by atoms with Gasteiger partial charge < -0.3 is 4.42 Å². The fourth-order valence-electron chi connectivity index (χ4n) is 2.36. The average Bonchev–Trinajstić information content (AvgIpc) is 2.86. The summed E-state index contributed by atoms with van der Waals surface area (Å²) >= 11 is 0. The number of nitrogens with zero attached hydrogens (tertiary/aromatic N) is 1. The van der Waals surface area contributed by atoms with Gasteiger partial charge in [-0.2, -0.15) is 0 Å². The van der Waals surface area contributed by atoms with Gasteiger partial charge in [0.15, 0.2) is 0 Å². The first-order valence-corrected chi connectivity index (χ1v) is 6.14. The van der Waals surface area contributed by atoms with Crippen LogP contribution in [0.25, 0.3) is 10.9 Å². The summed E-state index contributed by atoms with van der Waals surface area (Å²) in [6.45, 7) is 1.92. The molecule has 0 amide bonds. The highest BCUT2D eigenvalue weighted by Crippen LogP contribution is 2.28. The van der Waals surface area contributed by atoms with Crippen LogP contribution in [0.5, 0.6) is 0 Å². The minimum absolute atomic E-state index is 0.106. The maximum absolute atomic E-state index is 5.73. The van der Waals surface area contributed by atoms with Crippen molar-refractivity contribution in [1.82, 2.24) is 10.4 Å². The Bertz CT molecular complexity index is 700. The Labute approximate surface area is 111 Å². The summed E-state index contributed by atoms with van der Waals surface area (Å²) in [6, 6.07) is 11.9. The normalized spacial score (nSPS) is 12.7. The number of aryl methyl sites for hydroxylation is 1. The van der Waals surface area contributed by atoms with Crippen LogP contribution < -0.4 is 11.3 Å². The molecule has 2 aromatic heterocycles. The Balaban J connectivity index is 2.16. The number of hydrogen-bond donors (Lipinski definition) is 2. The quantitative estimate of drug-likeness (QED) is 0.556. The largest absolute Gasteiger partial charge is 0.469 e. The van der Waals surface area contributed by atoms with Crippen LogP contribution in [-0.4, -0.2) is 4.98 Å². The Morgan fingerprint density at radius 1 is 1.26 bits per heavy atom. The van der Waals surface area contributed by atoms with E-state index >= 15 is 0 Å². The maximum Gasteiger partial charge on any atom is 0.101 e. The van der Waals surface area contributed by atoms with Gasteiger partial charge in [-0.05, 0) is 30.7 Å². The first-order valence-electron chi connectivity index (χ1n) is 6.14. The van der Waals surface area contributed by atoms with Gasteiger partial charge in [0.2, 0.25) is 0 Å². The molecular weight excluding hydrogens is 238 g/mol. The van der Waals surface area contributed by atoms with Crippen LogP contribution >= 0.6 is 0 Å². The van der Waals surface area contributed by atoms with E-state index in [1.807, 2.05) is 31.2 Å². The monoisotopic (exact) mass is 253 g/mol. The fraction of sp³-hybridized carbons (Fsp3) is 0.133. The van der Waals surface area contributed by atoms with Crippen LogP contribution in [-0.2, 0) is 0 Å². The molecule has 2 heterocycles. The molecule has 1 atom stereocenters. The Morgan fingerprint density at radius 3 is 2.89 bits per heavy atom. The number of aromatic nitrogens is 1. The van der Waals surface area contributed by atoms with E-state index in [0.717, 1.165) is 27.8 Å². The lowest BCUT2D eigenvalue weighted by molar-refractivity contribution is 0.526. The van der Waals surface area contributed by atoms with Crippen molar-refractivity contribution in [2.75, 3.05) is 0 Å². The van der Waals surface area contributed by atoms with E-state index in [1.54, 1.807) is 12.5 Å². The van der Waals surface area contributed by atoms with Gasteiger partial charge in [0.1, 0.15) is 5.76 Å². The van der Waals surface area contributed by atoms with E-state index in [-0.39, 0.29) is 6.04 Å². The summed E-state index contributed by atoms with van der Waals surface area (Å²) in [7, 11) is 0. The van der Waals surface area contributed by atoms with Gasteiger partial charge >= 0.3 is 0 Å². The van der Waals surface area contributed by atoms with Crippen LogP contribution in [0.3, 0.4) is 0 Å². The minimum Gasteiger partial charge on any atom is -0.469 e. The summed E-state index contributed by atoms with van der Waals surface area (Å²) in [4.78, 5) is 4.37. The third kappa shape index (κ3) is 2.12. The molecule has 0 saturated heterocycles. The number of nitrogens with one attached hydrogen (secondary N) is 1. The molecule has 19 heavy (non-hydrogen) atoms. The summed E-state index contributed by atoms with van der Waals surface area (Å²) in [5.74, 6) is 6.59. The number of hydrogen-bond acceptors (Lipinski definition) is 4. The van der Waals surface area contributed by atoms with Crippen molar-refractivity contribution >= 4 is 10.9 Å². The maximum atomic E-state index is 5.73. The second-order valence-corrected chi connectivity index (χ2v) is 4.51. The van der Waals surface area contributed by atoms with Gasteiger partial charge in [-0.25, -0.2) is 5.43 Å². The average molecular weight is 253 g/mol. The molecule has 0 spiro atoms. The Kier molecular flexibility index (Phi) is 3.03. The zero-order chi connectivity index (χ0) is 13.2. The summed E-state index contributed by atoms with van der Waals surface area (Å²) in [6.07, 6.45) is 3.52. The van der Waals surface area contributed by atoms with Crippen LogP contribution in [0.2, 0.25) is 0 Å². The van der Waals surface area contributed by atoms with E-state index in [1.165, 1.54) is 0 Å². The van der Waals surface area contributed by atoms with E-state index in [4.69, 9.17) is 10.3 Å². The van der Waals surface area contributed by atoms with Gasteiger partial charge in [0, 0.05) is 17.1 Å². The first kappa shape index (κ1) is 11.9. The zero-order valence-corrected chi connectivity index (χ0v) is 10.6. The van der Waals surface area contributed by atoms with Crippen molar-refractivity contribution < 1.29 is 4.42 Å². The van der Waals surface area contributed by atoms with Crippen molar-refractivity contribution in [1.29, 1.82) is 0 Å². The molecule has 0 saturated carbocycles. The van der Waals surface area contributed by atoms with Crippen molar-refractivity contribution in [3.05, 3.63) is 65.7 Å². The number of rotatable bonds is 3. The number of pyridine rings is 1. The summed E-state index contributed by atoms with van der Waals surface area (Å²) in [5, 5.41) is 1.09. The Morgan fingerprint density at radius 2 is 2.16 bits per heavy atom. The molecule has 0 fully saturated rings. The van der Waals surface area contributed by atoms with Gasteiger partial charge in [-0.15, -0.1) is 0 Å². The molecule has 0 aliphatic carbocycles. The van der Waals surface area contributed by atoms with Gasteiger partial charge in [-0.1, -0.05) is 18.2 Å². The number of hydrazine groups is 1. The minimum atomic E-state index is -0.106. The number of fused-ring (bicyclic) bond motifs is 1. The van der Waals surface area contributed by atoms with E-state index in [2.05, 4.69) is 22.5 Å². The second kappa shape index (κ2) is 4.84. The fourth-order valence-corrected chi connectivity index (χ4v) is 2.36. The van der Waals surface area contributed by atoms with Crippen LogP contribution in [0.1, 0.15) is 22.9 Å². The second-order valence-electron chi connectivity index (χ2n) is 4.51. The highest BCUT2D eigenvalue weighted by Gasteiger charge is 2.17. The van der Waals surface area contributed by atoms with Crippen molar-refractivity contribution in [2.24, 2.45) is 5.84 Å². The molecule has 0 aliphatic rings. The lowest BCUT2D eigenvalue weighted by Gasteiger charge is -2.16. The van der Waals surface area contributed by atoms with Crippen LogP contribution in [0, 0.1) is 6.92 Å². The number of benzene rings is 1. The predicted octanol–water partition coefficient (Wildman–Crippen LogP) is 2.69. The lowest BCUT2D eigenvalue weighted by Crippen LogP contribution is -2.28. The molecule has 1 aromatic carbocycles. The molecule has 3 rings (SSSR count). The zero-order valence-electron chi connectivity index (χ0n) is 10.6. The first-order chi connectivity index (χ1) is 9.29. The molecule has 96 valence electrons. The molecule has 3 aromatic rings. The molecule has 4 heteroatoms. The number of furan rings is 1. The van der Waals surface area contributed by atoms with Crippen molar-refractivity contribution in [2.45, 2.75) is 13.0 Å². The van der Waals surface area contributed by atoms with Crippen molar-refractivity contribution in [3.8, 4) is 0 Å². The highest BCUT2D eigenvalue weighted by molar-refractivity contribution is 5.82. The Hall–Kier alpha value is -2.17. The molecular formula is C15H15N3O. The lowest BCUT2D eigenvalue weighted by atomic mass is 9.97. The van der Waals surface area contributed by atoms with E-state index < -0.39 is 0 Å². The van der Waals surface area contributed by atoms with E-state index in [9.17, 15) is 0 Å². The SMILES string of the molecule is Cc1cc(C(NN)c2cccc3ncccc23)co1. The smallest absolute Gasteiger partial charge is 0.101 e. The van der Waals surface area contributed by atoms with E-state index in [0.29, 0.717) is 0 Å². The van der Waals surface area contributed by atoms with Gasteiger partial charge in [-0.3, -0.25) is 10.8 Å². The molecule has 4 nitrogen and oxygen atoms in total. The van der Waals surface area contributed by atoms with Crippen LogP contribution in [0.4, 0.5) is 0 Å². The predicted molar refractivity (Wildman–Crippen MR) is 74.4 cm³/mol. The molecule has 0 bridgehead atoms. The third-order valence-electron chi connectivity index (χ3n) is 3.24. The summed E-state index contributed by atoms with van der Waals surface area (Å²) < 4.78 is 5.37. The molecule has 0 radical (unpaired) electrons. The molecule has 3 N–H and O–H groups in total. The van der Waals surface area contributed by atoms with Crippen molar-refractivity contribution in [3.63, 3.8) is 0 Å². The van der Waals surface area contributed by atoms with Gasteiger partial charge in [0.05, 0.1) is 17.8 Å². The molecule has 0 aliphatic heterocycles. The molecule has 1 unspecified atom stereocenters. The number of nitrogens with two attached hydrogens (primary N) is 1. The topological polar surface area (TPSA) is 64.1 Å². The summed E-state index contributed by atoms with van der Waals surface area (Å²) in [5.41, 5.74) is 5.91. The van der Waals surface area contributed by atoms with Gasteiger partial charge in [0.25, 0.3) is 0 Å². The standard InChI is InChI=1S/C15H15N3O/c1-10-8-11(9-19-10)15(18-16)13-4-2-6-14-12(13)5-3-7-17-14/h2-9,15,18H,16H2,1H3. The third-order valence-corrected chi connectivity index (χ3v) is 3.24.